The maximum absolute atomic E-state index is 12.1. The average Bonchev–Trinajstić information content (AvgIpc) is 2.30. The van der Waals surface area contributed by atoms with E-state index in [4.69, 9.17) is 16.3 Å². The molecule has 1 aromatic rings. The van der Waals surface area contributed by atoms with Gasteiger partial charge in [0, 0.05) is 10.6 Å². The van der Waals surface area contributed by atoms with Crippen LogP contribution in [0.25, 0.3) is 0 Å². The number of rotatable bonds is 3. The Labute approximate surface area is 123 Å². The fraction of sp³-hybridized carbons (Fsp3) is 0.462. The van der Waals surface area contributed by atoms with Crippen LogP contribution in [0.15, 0.2) is 24.3 Å². The van der Waals surface area contributed by atoms with Crippen molar-refractivity contribution in [3.8, 4) is 0 Å². The van der Waals surface area contributed by atoms with Gasteiger partial charge in [0.05, 0.1) is 20.3 Å². The molecule has 0 spiro atoms. The molecule has 1 aliphatic rings. The maximum atomic E-state index is 12.1. The molecule has 0 aliphatic carbocycles. The zero-order chi connectivity index (χ0) is 12.3. The van der Waals surface area contributed by atoms with Crippen molar-refractivity contribution in [1.82, 2.24) is 0 Å². The predicted octanol–water partition coefficient (Wildman–Crippen LogP) is -0.996. The van der Waals surface area contributed by atoms with Gasteiger partial charge in [-0.15, -0.1) is 0 Å². The molecule has 0 aromatic heterocycles. The number of hydrogen-bond acceptors (Lipinski definition) is 2. The Morgan fingerprint density at radius 3 is 2.39 bits per heavy atom. The number of ether oxygens (including phenoxy) is 1. The highest BCUT2D eigenvalue weighted by atomic mass is 79.9. The van der Waals surface area contributed by atoms with Gasteiger partial charge in [-0.2, -0.15) is 0 Å². The molecular formula is C13H17BrClNO2. The summed E-state index contributed by atoms with van der Waals surface area (Å²) < 4.78 is 6.09. The number of likely N-dealkylation sites (N-methyl/N-ethyl adjacent to an activating group) is 1. The molecule has 3 nitrogen and oxygen atoms in total. The molecule has 0 radical (unpaired) electrons. The van der Waals surface area contributed by atoms with Crippen molar-refractivity contribution in [1.29, 1.82) is 0 Å². The highest BCUT2D eigenvalue weighted by Crippen LogP contribution is 2.13. The summed E-state index contributed by atoms with van der Waals surface area (Å²) in [7, 11) is 2.11. The number of nitrogens with zero attached hydrogens (tertiary/aromatic N) is 1. The fourth-order valence-corrected chi connectivity index (χ4v) is 2.14. The van der Waals surface area contributed by atoms with E-state index in [1.807, 2.05) is 0 Å². The van der Waals surface area contributed by atoms with E-state index in [1.54, 1.807) is 24.3 Å². The number of carbonyl (C=O) groups excluding carboxylic acids is 1. The van der Waals surface area contributed by atoms with Gasteiger partial charge in [0.1, 0.15) is 19.6 Å². The van der Waals surface area contributed by atoms with Crippen molar-refractivity contribution in [2.24, 2.45) is 0 Å². The van der Waals surface area contributed by atoms with Gasteiger partial charge < -0.3 is 26.2 Å². The summed E-state index contributed by atoms with van der Waals surface area (Å²) in [6, 6.07) is 7.09. The molecule has 5 heteroatoms. The van der Waals surface area contributed by atoms with E-state index in [0.717, 1.165) is 36.3 Å². The van der Waals surface area contributed by atoms with Crippen LogP contribution in [0.3, 0.4) is 0 Å². The largest absolute Gasteiger partial charge is 1.00 e. The van der Waals surface area contributed by atoms with Crippen LogP contribution in [0, 0.1) is 0 Å². The van der Waals surface area contributed by atoms with Crippen LogP contribution >= 0.6 is 11.6 Å². The molecule has 1 aromatic carbocycles. The summed E-state index contributed by atoms with van der Waals surface area (Å²) in [5.41, 5.74) is 0.736. The van der Waals surface area contributed by atoms with E-state index in [2.05, 4.69) is 7.05 Å². The lowest BCUT2D eigenvalue weighted by atomic mass is 10.1. The molecule has 1 aliphatic heterocycles. The zero-order valence-corrected chi connectivity index (χ0v) is 12.7. The summed E-state index contributed by atoms with van der Waals surface area (Å²) in [5, 5.41) is 0.660. The highest BCUT2D eigenvalue weighted by Gasteiger charge is 2.28. The van der Waals surface area contributed by atoms with E-state index in [-0.39, 0.29) is 22.8 Å². The van der Waals surface area contributed by atoms with Crippen LogP contribution in [0.4, 0.5) is 0 Å². The molecule has 1 heterocycles. The van der Waals surface area contributed by atoms with Gasteiger partial charge in [-0.25, -0.2) is 0 Å². The lowest BCUT2D eigenvalue weighted by molar-refractivity contribution is -0.908. The zero-order valence-electron chi connectivity index (χ0n) is 10.4. The summed E-state index contributed by atoms with van der Waals surface area (Å²) in [5.74, 6) is 0.172. The second-order valence-electron chi connectivity index (χ2n) is 4.77. The minimum absolute atomic E-state index is 0. The summed E-state index contributed by atoms with van der Waals surface area (Å²) in [6.45, 7) is 3.82. The molecule has 2 rings (SSSR count). The van der Waals surface area contributed by atoms with Crippen molar-refractivity contribution in [3.63, 3.8) is 0 Å². The quantitative estimate of drug-likeness (QED) is 0.524. The molecule has 0 N–H and O–H groups in total. The minimum Gasteiger partial charge on any atom is -1.00 e. The molecule has 0 bridgehead atoms. The number of benzene rings is 1. The van der Waals surface area contributed by atoms with Crippen molar-refractivity contribution in [2.75, 3.05) is 39.9 Å². The summed E-state index contributed by atoms with van der Waals surface area (Å²) >= 11 is 5.80. The van der Waals surface area contributed by atoms with E-state index in [9.17, 15) is 4.79 Å². The smallest absolute Gasteiger partial charge is 0.216 e. The molecule has 0 atom stereocenters. The second kappa shape index (κ2) is 6.66. The Hall–Kier alpha value is -0.420. The van der Waals surface area contributed by atoms with Crippen molar-refractivity contribution >= 4 is 17.4 Å². The molecule has 0 unspecified atom stereocenters. The van der Waals surface area contributed by atoms with Crippen LogP contribution in [0.5, 0.6) is 0 Å². The third-order valence-electron chi connectivity index (χ3n) is 3.24. The van der Waals surface area contributed by atoms with Gasteiger partial charge in [-0.05, 0) is 24.3 Å². The summed E-state index contributed by atoms with van der Waals surface area (Å²) in [4.78, 5) is 12.1. The highest BCUT2D eigenvalue weighted by molar-refractivity contribution is 6.30. The Morgan fingerprint density at radius 1 is 1.28 bits per heavy atom. The first-order valence-corrected chi connectivity index (χ1v) is 6.17. The molecule has 100 valence electrons. The van der Waals surface area contributed by atoms with Crippen LogP contribution in [0.2, 0.25) is 5.02 Å². The maximum Gasteiger partial charge on any atom is 0.216 e. The minimum atomic E-state index is 0. The molecule has 1 saturated heterocycles. The van der Waals surface area contributed by atoms with Gasteiger partial charge in [0.25, 0.3) is 0 Å². The third-order valence-corrected chi connectivity index (χ3v) is 3.49. The van der Waals surface area contributed by atoms with Crippen molar-refractivity contribution in [2.45, 2.75) is 0 Å². The molecule has 0 saturated carbocycles. The lowest BCUT2D eigenvalue weighted by Gasteiger charge is -2.36. The van der Waals surface area contributed by atoms with Gasteiger partial charge >= 0.3 is 0 Å². The van der Waals surface area contributed by atoms with Gasteiger partial charge in [-0.1, -0.05) is 11.6 Å². The van der Waals surface area contributed by atoms with Crippen LogP contribution < -0.4 is 17.0 Å². The van der Waals surface area contributed by atoms with Crippen molar-refractivity contribution in [3.05, 3.63) is 34.9 Å². The Balaban J connectivity index is 0.00000162. The number of ketones is 1. The standard InChI is InChI=1S/C13H17ClNO2.BrH/c1-15(6-8-17-9-7-15)10-13(16)11-2-4-12(14)5-3-11;/h2-5H,6-10H2,1H3;1H/q+1;/p-1. The van der Waals surface area contributed by atoms with Gasteiger partial charge in [0.15, 0.2) is 0 Å². The Morgan fingerprint density at radius 2 is 1.83 bits per heavy atom. The average molecular weight is 335 g/mol. The molecule has 18 heavy (non-hydrogen) atoms. The fourth-order valence-electron chi connectivity index (χ4n) is 2.02. The van der Waals surface area contributed by atoms with E-state index >= 15 is 0 Å². The number of carbonyl (C=O) groups is 1. The third kappa shape index (κ3) is 4.05. The number of Topliss-reactive ketones (excluding diaryl/α,β-unsaturated/α-hetero) is 1. The lowest BCUT2D eigenvalue weighted by Crippen LogP contribution is -3.00. The number of halogens is 2. The van der Waals surface area contributed by atoms with E-state index < -0.39 is 0 Å². The van der Waals surface area contributed by atoms with E-state index in [1.165, 1.54) is 0 Å². The first-order chi connectivity index (χ1) is 8.09. The molecule has 0 amide bonds. The molecular weight excluding hydrogens is 318 g/mol. The van der Waals surface area contributed by atoms with Crippen LogP contribution in [-0.4, -0.2) is 50.2 Å². The number of hydrogen-bond donors (Lipinski definition) is 0. The SMILES string of the molecule is C[N+]1(CC(=O)c2ccc(Cl)cc2)CCOCC1.[Br-]. The van der Waals surface area contributed by atoms with Gasteiger partial charge in [-0.3, -0.25) is 4.79 Å². The van der Waals surface area contributed by atoms with Gasteiger partial charge in [0.2, 0.25) is 5.78 Å². The monoisotopic (exact) mass is 333 g/mol. The summed E-state index contributed by atoms with van der Waals surface area (Å²) in [6.07, 6.45) is 0. The molecule has 1 fully saturated rings. The first-order valence-electron chi connectivity index (χ1n) is 5.79. The van der Waals surface area contributed by atoms with E-state index in [0.29, 0.717) is 11.6 Å². The van der Waals surface area contributed by atoms with Crippen LogP contribution in [-0.2, 0) is 4.74 Å². The van der Waals surface area contributed by atoms with Crippen LogP contribution in [0.1, 0.15) is 10.4 Å². The van der Waals surface area contributed by atoms with Crippen molar-refractivity contribution < 1.29 is 31.0 Å². The second-order valence-corrected chi connectivity index (χ2v) is 5.20. The Kier molecular flexibility index (Phi) is 5.79. The topological polar surface area (TPSA) is 26.3 Å². The first kappa shape index (κ1) is 15.6. The number of morpholine rings is 1. The normalized spacial score (nSPS) is 17.9. The number of quaternary nitrogens is 1. The Bertz CT molecular complexity index is 402. The predicted molar refractivity (Wildman–Crippen MR) is 67.4 cm³/mol.